The Kier molecular flexibility index (Phi) is 7.42. The first kappa shape index (κ1) is 24.6. The molecule has 0 saturated heterocycles. The van der Waals surface area contributed by atoms with E-state index in [2.05, 4.69) is 5.32 Å². The second kappa shape index (κ2) is 10.3. The average Bonchev–Trinajstić information content (AvgIpc) is 2.83. The fourth-order valence-electron chi connectivity index (χ4n) is 3.37. The summed E-state index contributed by atoms with van der Waals surface area (Å²) in [6, 6.07) is 17.0. The zero-order chi connectivity index (χ0) is 24.9. The summed E-state index contributed by atoms with van der Waals surface area (Å²) in [7, 11) is -1.28. The third kappa shape index (κ3) is 5.12. The Labute approximate surface area is 198 Å². The number of hydrogen-bond acceptors (Lipinski definition) is 6. The minimum Gasteiger partial charge on any atom is -0.497 e. The summed E-state index contributed by atoms with van der Waals surface area (Å²) >= 11 is 0. The molecule has 0 aromatic heterocycles. The van der Waals surface area contributed by atoms with E-state index in [-0.39, 0.29) is 21.9 Å². The number of methoxy groups -OCH3 is 2. The molecule has 0 spiro atoms. The van der Waals surface area contributed by atoms with Gasteiger partial charge in [-0.1, -0.05) is 18.2 Å². The first-order chi connectivity index (χ1) is 16.2. The van der Waals surface area contributed by atoms with Crippen molar-refractivity contribution in [2.75, 3.05) is 30.4 Å². The van der Waals surface area contributed by atoms with Crippen LogP contribution in [0.5, 0.6) is 11.5 Å². The maximum atomic E-state index is 13.6. The summed E-state index contributed by atoms with van der Waals surface area (Å²) < 4.78 is 38.6. The molecule has 10 heteroatoms. The first-order valence-corrected chi connectivity index (χ1v) is 11.6. The number of hydrogen-bond donors (Lipinski definition) is 2. The van der Waals surface area contributed by atoms with E-state index in [4.69, 9.17) is 15.2 Å². The minimum absolute atomic E-state index is 0.0288. The molecule has 0 saturated carbocycles. The standard InChI is InChI=1S/C24H25N3O6S/c1-16-19(24(25)29)7-6-8-20(16)26-23(28)15-27(21-9-4-5-10-22(21)33-3)34(30,31)18-13-11-17(32-2)12-14-18/h4-14H,15H2,1-3H3,(H2,25,29)(H,26,28). The zero-order valence-corrected chi connectivity index (χ0v) is 19.8. The van der Waals surface area contributed by atoms with Crippen LogP contribution in [-0.2, 0) is 14.8 Å². The van der Waals surface area contributed by atoms with E-state index >= 15 is 0 Å². The molecular formula is C24H25N3O6S. The van der Waals surface area contributed by atoms with Crippen LogP contribution in [0.15, 0.2) is 71.6 Å². The van der Waals surface area contributed by atoms with Crippen molar-refractivity contribution in [1.82, 2.24) is 0 Å². The zero-order valence-electron chi connectivity index (χ0n) is 18.9. The topological polar surface area (TPSA) is 128 Å². The van der Waals surface area contributed by atoms with Crippen molar-refractivity contribution in [2.24, 2.45) is 5.73 Å². The average molecular weight is 484 g/mol. The molecule has 3 aromatic carbocycles. The lowest BCUT2D eigenvalue weighted by Gasteiger charge is -2.26. The van der Waals surface area contributed by atoms with Crippen LogP contribution in [0.3, 0.4) is 0 Å². The second-order valence-corrected chi connectivity index (χ2v) is 9.11. The minimum atomic E-state index is -4.17. The van der Waals surface area contributed by atoms with Crippen LogP contribution in [0.2, 0.25) is 0 Å². The quantitative estimate of drug-likeness (QED) is 0.482. The number of benzene rings is 3. The predicted octanol–water partition coefficient (Wildman–Crippen LogP) is 2.95. The molecule has 9 nitrogen and oxygen atoms in total. The van der Waals surface area contributed by atoms with Crippen LogP contribution in [0.4, 0.5) is 11.4 Å². The number of carbonyl (C=O) groups excluding carboxylic acids is 2. The molecule has 2 amide bonds. The van der Waals surface area contributed by atoms with Crippen molar-refractivity contribution in [1.29, 1.82) is 0 Å². The maximum Gasteiger partial charge on any atom is 0.264 e. The van der Waals surface area contributed by atoms with Gasteiger partial charge in [0, 0.05) is 11.3 Å². The molecule has 0 unspecified atom stereocenters. The van der Waals surface area contributed by atoms with Gasteiger partial charge in [-0.3, -0.25) is 13.9 Å². The van der Waals surface area contributed by atoms with E-state index in [1.807, 2.05) is 0 Å². The van der Waals surface area contributed by atoms with E-state index < -0.39 is 28.4 Å². The van der Waals surface area contributed by atoms with E-state index in [0.29, 0.717) is 17.0 Å². The molecule has 0 atom stereocenters. The first-order valence-electron chi connectivity index (χ1n) is 10.2. The molecule has 0 radical (unpaired) electrons. The van der Waals surface area contributed by atoms with Gasteiger partial charge in [0.1, 0.15) is 18.0 Å². The van der Waals surface area contributed by atoms with E-state index in [1.165, 1.54) is 38.5 Å². The highest BCUT2D eigenvalue weighted by Gasteiger charge is 2.29. The molecule has 178 valence electrons. The Balaban J connectivity index is 2.00. The van der Waals surface area contributed by atoms with E-state index in [9.17, 15) is 18.0 Å². The second-order valence-electron chi connectivity index (χ2n) is 7.25. The molecule has 34 heavy (non-hydrogen) atoms. The van der Waals surface area contributed by atoms with Gasteiger partial charge in [0.25, 0.3) is 10.0 Å². The number of rotatable bonds is 9. The Morgan fingerprint density at radius 2 is 1.62 bits per heavy atom. The Morgan fingerprint density at radius 3 is 2.24 bits per heavy atom. The van der Waals surface area contributed by atoms with Gasteiger partial charge in [0.15, 0.2) is 0 Å². The van der Waals surface area contributed by atoms with Gasteiger partial charge in [-0.15, -0.1) is 0 Å². The van der Waals surface area contributed by atoms with Crippen LogP contribution in [0, 0.1) is 6.92 Å². The molecule has 3 aromatic rings. The van der Waals surface area contributed by atoms with E-state index in [0.717, 1.165) is 4.31 Å². The van der Waals surface area contributed by atoms with Crippen LogP contribution in [-0.4, -0.2) is 41.0 Å². The summed E-state index contributed by atoms with van der Waals surface area (Å²) in [6.45, 7) is 1.09. The molecule has 0 heterocycles. The van der Waals surface area contributed by atoms with Gasteiger partial charge < -0.3 is 20.5 Å². The Hall–Kier alpha value is -4.05. The van der Waals surface area contributed by atoms with Crippen molar-refractivity contribution < 1.29 is 27.5 Å². The highest BCUT2D eigenvalue weighted by molar-refractivity contribution is 7.92. The molecule has 0 aliphatic heterocycles. The number of primary amides is 1. The van der Waals surface area contributed by atoms with Crippen LogP contribution in [0.1, 0.15) is 15.9 Å². The fourth-order valence-corrected chi connectivity index (χ4v) is 4.80. The monoisotopic (exact) mass is 483 g/mol. The molecule has 0 fully saturated rings. The third-order valence-electron chi connectivity index (χ3n) is 5.16. The summed E-state index contributed by atoms with van der Waals surface area (Å²) in [4.78, 5) is 24.6. The fraction of sp³-hybridized carbons (Fsp3) is 0.167. The molecule has 3 N–H and O–H groups in total. The third-order valence-corrected chi connectivity index (χ3v) is 6.94. The Morgan fingerprint density at radius 1 is 0.941 bits per heavy atom. The number of sulfonamides is 1. The van der Waals surface area contributed by atoms with Crippen LogP contribution < -0.4 is 24.8 Å². The van der Waals surface area contributed by atoms with Crippen LogP contribution in [0.25, 0.3) is 0 Å². The summed E-state index contributed by atoms with van der Waals surface area (Å²) in [5.74, 6) is -0.483. The number of nitrogens with one attached hydrogen (secondary N) is 1. The van der Waals surface area contributed by atoms with Crippen molar-refractivity contribution in [3.63, 3.8) is 0 Å². The summed E-state index contributed by atoms with van der Waals surface area (Å²) in [5, 5.41) is 2.67. The highest BCUT2D eigenvalue weighted by Crippen LogP contribution is 2.32. The number of anilines is 2. The molecule has 0 aliphatic rings. The molecule has 3 rings (SSSR count). The lowest BCUT2D eigenvalue weighted by molar-refractivity contribution is -0.114. The smallest absolute Gasteiger partial charge is 0.264 e. The van der Waals surface area contributed by atoms with Gasteiger partial charge in [0.05, 0.1) is 24.8 Å². The predicted molar refractivity (Wildman–Crippen MR) is 129 cm³/mol. The lowest BCUT2D eigenvalue weighted by Crippen LogP contribution is -2.38. The van der Waals surface area contributed by atoms with Gasteiger partial charge >= 0.3 is 0 Å². The highest BCUT2D eigenvalue weighted by atomic mass is 32.2. The van der Waals surface area contributed by atoms with Crippen LogP contribution >= 0.6 is 0 Å². The normalized spacial score (nSPS) is 10.9. The van der Waals surface area contributed by atoms with Gasteiger partial charge in [-0.25, -0.2) is 8.42 Å². The number of carbonyl (C=O) groups is 2. The lowest BCUT2D eigenvalue weighted by atomic mass is 10.1. The van der Waals surface area contributed by atoms with Gasteiger partial charge in [-0.2, -0.15) is 0 Å². The Bertz CT molecular complexity index is 1310. The van der Waals surface area contributed by atoms with Crippen molar-refractivity contribution in [2.45, 2.75) is 11.8 Å². The van der Waals surface area contributed by atoms with Gasteiger partial charge in [0.2, 0.25) is 11.8 Å². The van der Waals surface area contributed by atoms with Crippen molar-refractivity contribution in [3.05, 3.63) is 77.9 Å². The number of nitrogens with two attached hydrogens (primary N) is 1. The summed E-state index contributed by atoms with van der Waals surface area (Å²) in [5.41, 5.74) is 6.66. The molecular weight excluding hydrogens is 458 g/mol. The number of ether oxygens (including phenoxy) is 2. The number of para-hydroxylation sites is 2. The molecule has 0 bridgehead atoms. The van der Waals surface area contributed by atoms with Crippen molar-refractivity contribution >= 4 is 33.2 Å². The van der Waals surface area contributed by atoms with Crippen molar-refractivity contribution in [3.8, 4) is 11.5 Å². The largest absolute Gasteiger partial charge is 0.497 e. The number of amides is 2. The SMILES string of the molecule is COc1ccc(S(=O)(=O)N(CC(=O)Nc2cccc(C(N)=O)c2C)c2ccccc2OC)cc1. The van der Waals surface area contributed by atoms with E-state index in [1.54, 1.807) is 49.4 Å². The summed E-state index contributed by atoms with van der Waals surface area (Å²) in [6.07, 6.45) is 0. The number of nitrogens with zero attached hydrogens (tertiary/aromatic N) is 1. The van der Waals surface area contributed by atoms with Gasteiger partial charge in [-0.05, 0) is 61.0 Å². The maximum absolute atomic E-state index is 13.6. The molecule has 0 aliphatic carbocycles.